The number of rotatable bonds is 7. The second-order valence-electron chi connectivity index (χ2n) is 7.65. The molecule has 9 nitrogen and oxygen atoms in total. The van der Waals surface area contributed by atoms with Gasteiger partial charge in [0.1, 0.15) is 19.0 Å². The summed E-state index contributed by atoms with van der Waals surface area (Å²) >= 11 is 6.09. The van der Waals surface area contributed by atoms with E-state index in [2.05, 4.69) is 10.0 Å². The van der Waals surface area contributed by atoms with Crippen molar-refractivity contribution in [3.63, 3.8) is 0 Å². The van der Waals surface area contributed by atoms with Gasteiger partial charge in [-0.1, -0.05) is 11.6 Å². The van der Waals surface area contributed by atoms with Crippen molar-refractivity contribution in [2.75, 3.05) is 23.3 Å². The molecule has 0 spiro atoms. The van der Waals surface area contributed by atoms with Crippen LogP contribution in [0.2, 0.25) is 5.02 Å². The summed E-state index contributed by atoms with van der Waals surface area (Å²) in [5.41, 5.74) is 0.280. The zero-order chi connectivity index (χ0) is 25.9. The van der Waals surface area contributed by atoms with Gasteiger partial charge in [-0.3, -0.25) is 9.52 Å². The van der Waals surface area contributed by atoms with Crippen LogP contribution in [0.1, 0.15) is 17.3 Å². The summed E-state index contributed by atoms with van der Waals surface area (Å²) in [6.45, 7) is 2.17. The first-order valence-corrected chi connectivity index (χ1v) is 12.5. The van der Waals surface area contributed by atoms with Gasteiger partial charge in [-0.2, -0.15) is 0 Å². The molecule has 1 aliphatic rings. The second kappa shape index (κ2) is 10.4. The lowest BCUT2D eigenvalue weighted by Crippen LogP contribution is -2.30. The normalized spacial score (nSPS) is 13.4. The summed E-state index contributed by atoms with van der Waals surface area (Å²) < 4.78 is 57.0. The molecule has 0 unspecified atom stereocenters. The second-order valence-corrected chi connectivity index (χ2v) is 9.74. The quantitative estimate of drug-likeness (QED) is 0.435. The van der Waals surface area contributed by atoms with Crippen LogP contribution in [0, 0.1) is 5.82 Å². The van der Waals surface area contributed by atoms with Crippen molar-refractivity contribution in [3.8, 4) is 11.5 Å². The number of nitrogens with one attached hydrogen (secondary N) is 2. The zero-order valence-electron chi connectivity index (χ0n) is 18.8. The number of hydrogen-bond donors (Lipinski definition) is 2. The van der Waals surface area contributed by atoms with E-state index < -0.39 is 33.8 Å². The number of anilines is 2. The lowest BCUT2D eigenvalue weighted by molar-refractivity contribution is -0.123. The molecule has 3 aromatic rings. The van der Waals surface area contributed by atoms with Crippen LogP contribution in [0.5, 0.6) is 11.5 Å². The molecule has 0 fully saturated rings. The molecule has 0 saturated heterocycles. The van der Waals surface area contributed by atoms with Crippen LogP contribution in [0.3, 0.4) is 0 Å². The van der Waals surface area contributed by atoms with Gasteiger partial charge in [0.25, 0.3) is 15.9 Å². The van der Waals surface area contributed by atoms with E-state index in [9.17, 15) is 22.4 Å². The highest BCUT2D eigenvalue weighted by Gasteiger charge is 2.24. The van der Waals surface area contributed by atoms with Crippen LogP contribution in [0.15, 0.2) is 65.6 Å². The number of carbonyl (C=O) groups is 2. The molecular formula is C24H20ClFN2O7S. The lowest BCUT2D eigenvalue weighted by atomic mass is 10.2. The predicted octanol–water partition coefficient (Wildman–Crippen LogP) is 4.24. The number of hydrogen-bond acceptors (Lipinski definition) is 7. The molecule has 1 amide bonds. The Kier molecular flexibility index (Phi) is 7.32. The van der Waals surface area contributed by atoms with Crippen molar-refractivity contribution in [3.05, 3.63) is 77.1 Å². The Hall–Kier alpha value is -3.83. The van der Waals surface area contributed by atoms with E-state index >= 15 is 0 Å². The van der Waals surface area contributed by atoms with Gasteiger partial charge in [0.2, 0.25) is 0 Å². The van der Waals surface area contributed by atoms with Crippen molar-refractivity contribution in [1.29, 1.82) is 0 Å². The molecule has 36 heavy (non-hydrogen) atoms. The first-order chi connectivity index (χ1) is 17.1. The maximum atomic E-state index is 13.1. The Bertz CT molecular complexity index is 1410. The highest BCUT2D eigenvalue weighted by molar-refractivity contribution is 7.92. The Morgan fingerprint density at radius 2 is 1.64 bits per heavy atom. The number of fused-ring (bicyclic) bond motifs is 1. The average molecular weight is 535 g/mol. The van der Waals surface area contributed by atoms with Crippen molar-refractivity contribution in [1.82, 2.24) is 0 Å². The summed E-state index contributed by atoms with van der Waals surface area (Å²) in [4.78, 5) is 25.0. The van der Waals surface area contributed by atoms with E-state index in [4.69, 9.17) is 25.8 Å². The number of carbonyl (C=O) groups excluding carboxylic acids is 2. The maximum absolute atomic E-state index is 13.1. The fourth-order valence-electron chi connectivity index (χ4n) is 3.20. The number of benzene rings is 3. The van der Waals surface area contributed by atoms with E-state index in [0.29, 0.717) is 30.4 Å². The third-order valence-corrected chi connectivity index (χ3v) is 6.74. The Morgan fingerprint density at radius 3 is 2.36 bits per heavy atom. The lowest BCUT2D eigenvalue weighted by Gasteiger charge is -2.19. The van der Waals surface area contributed by atoms with E-state index in [1.54, 1.807) is 18.2 Å². The summed E-state index contributed by atoms with van der Waals surface area (Å²) in [5, 5.41) is 2.54. The SMILES string of the molecule is C[C@@H](OC(=O)c1cc(S(=O)(=O)Nc2ccc(F)cc2)ccc1Cl)C(=O)Nc1ccc2c(c1)OCCO2. The van der Waals surface area contributed by atoms with Crippen molar-refractivity contribution >= 4 is 44.9 Å². The molecule has 0 aromatic heterocycles. The van der Waals surface area contributed by atoms with Crippen LogP contribution >= 0.6 is 11.6 Å². The number of ether oxygens (including phenoxy) is 3. The minimum absolute atomic E-state index is 0.0693. The molecule has 188 valence electrons. The predicted molar refractivity (Wildman–Crippen MR) is 130 cm³/mol. The van der Waals surface area contributed by atoms with Crippen LogP contribution in [-0.4, -0.2) is 39.6 Å². The van der Waals surface area contributed by atoms with Gasteiger partial charge in [-0.05, 0) is 61.5 Å². The van der Waals surface area contributed by atoms with Gasteiger partial charge in [-0.15, -0.1) is 0 Å². The van der Waals surface area contributed by atoms with E-state index in [1.807, 2.05) is 0 Å². The summed E-state index contributed by atoms with van der Waals surface area (Å²) in [6, 6.07) is 13.0. The molecule has 4 rings (SSSR count). The van der Waals surface area contributed by atoms with Crippen molar-refractivity contribution in [2.45, 2.75) is 17.9 Å². The maximum Gasteiger partial charge on any atom is 0.340 e. The summed E-state index contributed by atoms with van der Waals surface area (Å²) in [6.07, 6.45) is -1.24. The Labute approximate surface area is 211 Å². The van der Waals surface area contributed by atoms with Crippen LogP contribution in [0.4, 0.5) is 15.8 Å². The minimum atomic E-state index is -4.13. The molecule has 1 aliphatic heterocycles. The smallest absolute Gasteiger partial charge is 0.340 e. The molecule has 0 aliphatic carbocycles. The van der Waals surface area contributed by atoms with Gasteiger partial charge in [-0.25, -0.2) is 17.6 Å². The first kappa shape index (κ1) is 25.3. The summed E-state index contributed by atoms with van der Waals surface area (Å²) in [7, 11) is -4.13. The highest BCUT2D eigenvalue weighted by atomic mass is 35.5. The molecule has 3 aromatic carbocycles. The fourth-order valence-corrected chi connectivity index (χ4v) is 4.48. The van der Waals surface area contributed by atoms with Crippen molar-refractivity contribution in [2.24, 2.45) is 0 Å². The third-order valence-electron chi connectivity index (χ3n) is 5.03. The van der Waals surface area contributed by atoms with E-state index in [0.717, 1.165) is 18.2 Å². The molecular weight excluding hydrogens is 515 g/mol. The van der Waals surface area contributed by atoms with E-state index in [-0.39, 0.29) is 21.2 Å². The summed E-state index contributed by atoms with van der Waals surface area (Å²) in [5.74, 6) is -1.12. The average Bonchev–Trinajstić information content (AvgIpc) is 2.85. The van der Waals surface area contributed by atoms with Gasteiger partial charge in [0, 0.05) is 17.4 Å². The van der Waals surface area contributed by atoms with Crippen LogP contribution < -0.4 is 19.5 Å². The molecule has 0 saturated carbocycles. The molecule has 0 radical (unpaired) electrons. The van der Waals surface area contributed by atoms with Crippen LogP contribution in [-0.2, 0) is 19.6 Å². The highest BCUT2D eigenvalue weighted by Crippen LogP contribution is 2.32. The van der Waals surface area contributed by atoms with Gasteiger partial charge >= 0.3 is 5.97 Å². The number of sulfonamides is 1. The number of amides is 1. The molecule has 1 atom stereocenters. The fraction of sp³-hybridized carbons (Fsp3) is 0.167. The molecule has 2 N–H and O–H groups in total. The topological polar surface area (TPSA) is 120 Å². The minimum Gasteiger partial charge on any atom is -0.486 e. The van der Waals surface area contributed by atoms with Crippen molar-refractivity contribution < 1.29 is 36.6 Å². The number of halogens is 2. The first-order valence-electron chi connectivity index (χ1n) is 10.6. The molecule has 1 heterocycles. The van der Waals surface area contributed by atoms with E-state index in [1.165, 1.54) is 31.2 Å². The largest absolute Gasteiger partial charge is 0.486 e. The van der Waals surface area contributed by atoms with Crippen LogP contribution in [0.25, 0.3) is 0 Å². The van der Waals surface area contributed by atoms with Gasteiger partial charge in [0.15, 0.2) is 17.6 Å². The van der Waals surface area contributed by atoms with Gasteiger partial charge < -0.3 is 19.5 Å². The molecule has 12 heteroatoms. The third kappa shape index (κ3) is 5.86. The monoisotopic (exact) mass is 534 g/mol. The number of esters is 1. The Morgan fingerprint density at radius 1 is 0.972 bits per heavy atom. The molecule has 0 bridgehead atoms. The zero-order valence-corrected chi connectivity index (χ0v) is 20.4. The Balaban J connectivity index is 1.44. The van der Waals surface area contributed by atoms with Gasteiger partial charge in [0.05, 0.1) is 15.5 Å². The standard InChI is InChI=1S/C24H20ClFN2O7S/c1-14(23(29)27-17-6-9-21-22(12-17)34-11-10-33-21)35-24(30)19-13-18(7-8-20(19)25)36(31,32)28-16-4-2-15(26)3-5-16/h2-9,12-14,28H,10-11H2,1H3,(H,27,29)/t14-/m1/s1.